The molecule has 0 atom stereocenters. The fourth-order valence-corrected chi connectivity index (χ4v) is 3.11. The minimum absolute atomic E-state index is 0.175. The van der Waals surface area contributed by atoms with E-state index in [2.05, 4.69) is 9.46 Å². The molecule has 22 heavy (non-hydrogen) atoms. The van der Waals surface area contributed by atoms with Crippen molar-refractivity contribution in [1.82, 2.24) is 4.72 Å². The van der Waals surface area contributed by atoms with Gasteiger partial charge in [-0.3, -0.25) is 4.79 Å². The Labute approximate surface area is 133 Å². The molecule has 0 saturated carbocycles. The summed E-state index contributed by atoms with van der Waals surface area (Å²) in [6.07, 6.45) is 4.96. The van der Waals surface area contributed by atoms with Gasteiger partial charge >= 0.3 is 5.97 Å². The van der Waals surface area contributed by atoms with Crippen molar-refractivity contribution in [3.05, 3.63) is 29.8 Å². The number of esters is 1. The van der Waals surface area contributed by atoms with Crippen LogP contribution in [0.3, 0.4) is 0 Å². The van der Waals surface area contributed by atoms with Crippen LogP contribution in [0.2, 0.25) is 0 Å². The fraction of sp³-hybridized carbons (Fsp3) is 0.562. The number of benzene rings is 1. The Balaban J connectivity index is 2.16. The number of methoxy groups -OCH3 is 1. The number of carbonyl (C=O) groups excluding carboxylic acids is 1. The Bertz CT molecular complexity index is 552. The molecule has 0 bridgehead atoms. The standard InChI is InChI=1S/C16H25NO4S/c1-14-9-11-15(12-10-14)22(19,20)17-13-7-5-3-4-6-8-16(18)21-2/h9-12,17H,3-8,13H2,1-2H3. The first kappa shape index (κ1) is 18.6. The van der Waals surface area contributed by atoms with E-state index in [1.54, 1.807) is 24.3 Å². The van der Waals surface area contributed by atoms with Crippen LogP contribution in [-0.2, 0) is 19.6 Å². The number of rotatable bonds is 10. The highest BCUT2D eigenvalue weighted by atomic mass is 32.2. The van der Waals surface area contributed by atoms with Crippen molar-refractivity contribution in [2.45, 2.75) is 50.3 Å². The third-order valence-electron chi connectivity index (χ3n) is 3.41. The molecule has 6 heteroatoms. The molecule has 0 unspecified atom stereocenters. The monoisotopic (exact) mass is 327 g/mol. The Morgan fingerprint density at radius 3 is 2.27 bits per heavy atom. The molecule has 0 aliphatic rings. The molecule has 0 spiro atoms. The van der Waals surface area contributed by atoms with E-state index in [0.717, 1.165) is 37.7 Å². The molecule has 1 aromatic rings. The Morgan fingerprint density at radius 1 is 1.05 bits per heavy atom. The van der Waals surface area contributed by atoms with Gasteiger partial charge in [-0.25, -0.2) is 13.1 Å². The predicted molar refractivity (Wildman–Crippen MR) is 86.1 cm³/mol. The van der Waals surface area contributed by atoms with E-state index < -0.39 is 10.0 Å². The van der Waals surface area contributed by atoms with E-state index in [4.69, 9.17) is 0 Å². The predicted octanol–water partition coefficient (Wildman–Crippen LogP) is 2.79. The normalized spacial score (nSPS) is 11.4. The quantitative estimate of drug-likeness (QED) is 0.530. The van der Waals surface area contributed by atoms with Gasteiger partial charge in [-0.2, -0.15) is 0 Å². The molecule has 1 rings (SSSR count). The summed E-state index contributed by atoms with van der Waals surface area (Å²) in [5.41, 5.74) is 1.03. The average molecular weight is 327 g/mol. The SMILES string of the molecule is COC(=O)CCCCCCCNS(=O)(=O)c1ccc(C)cc1. The first-order valence-corrected chi connectivity index (χ1v) is 9.07. The van der Waals surface area contributed by atoms with Gasteiger partial charge in [-0.1, -0.05) is 37.0 Å². The third-order valence-corrected chi connectivity index (χ3v) is 4.89. The summed E-state index contributed by atoms with van der Waals surface area (Å²) in [5, 5.41) is 0. The molecule has 5 nitrogen and oxygen atoms in total. The van der Waals surface area contributed by atoms with E-state index >= 15 is 0 Å². The van der Waals surface area contributed by atoms with Crippen molar-refractivity contribution in [3.8, 4) is 0 Å². The first-order chi connectivity index (χ1) is 10.5. The highest BCUT2D eigenvalue weighted by molar-refractivity contribution is 7.89. The maximum Gasteiger partial charge on any atom is 0.305 e. The number of aryl methyl sites for hydroxylation is 1. The molecule has 0 aliphatic carbocycles. The van der Waals surface area contributed by atoms with Crippen molar-refractivity contribution in [1.29, 1.82) is 0 Å². The summed E-state index contributed by atoms with van der Waals surface area (Å²) >= 11 is 0. The van der Waals surface area contributed by atoms with Crippen LogP contribution >= 0.6 is 0 Å². The highest BCUT2D eigenvalue weighted by Crippen LogP contribution is 2.10. The van der Waals surface area contributed by atoms with E-state index in [1.807, 2.05) is 6.92 Å². The lowest BCUT2D eigenvalue weighted by Gasteiger charge is -2.07. The lowest BCUT2D eigenvalue weighted by molar-refractivity contribution is -0.140. The summed E-state index contributed by atoms with van der Waals surface area (Å²) in [5.74, 6) is -0.175. The zero-order valence-corrected chi connectivity index (χ0v) is 14.1. The van der Waals surface area contributed by atoms with Crippen molar-refractivity contribution >= 4 is 16.0 Å². The molecular weight excluding hydrogens is 302 g/mol. The van der Waals surface area contributed by atoms with Gasteiger partial charge in [-0.05, 0) is 31.9 Å². The van der Waals surface area contributed by atoms with Gasteiger partial charge in [0.2, 0.25) is 10.0 Å². The summed E-state index contributed by atoms with van der Waals surface area (Å²) in [6.45, 7) is 2.36. The summed E-state index contributed by atoms with van der Waals surface area (Å²) < 4.78 is 31.2. The molecule has 0 heterocycles. The molecule has 1 N–H and O–H groups in total. The van der Waals surface area contributed by atoms with E-state index in [9.17, 15) is 13.2 Å². The van der Waals surface area contributed by atoms with Gasteiger partial charge in [0.15, 0.2) is 0 Å². The van der Waals surface area contributed by atoms with Gasteiger partial charge in [0, 0.05) is 13.0 Å². The van der Waals surface area contributed by atoms with Gasteiger partial charge in [0.1, 0.15) is 0 Å². The number of hydrogen-bond acceptors (Lipinski definition) is 4. The number of hydrogen-bond donors (Lipinski definition) is 1. The molecule has 1 aromatic carbocycles. The minimum Gasteiger partial charge on any atom is -0.469 e. The first-order valence-electron chi connectivity index (χ1n) is 7.59. The minimum atomic E-state index is -3.40. The Kier molecular flexibility index (Phi) is 8.12. The number of sulfonamides is 1. The van der Waals surface area contributed by atoms with Crippen LogP contribution in [0.5, 0.6) is 0 Å². The van der Waals surface area contributed by atoms with Crippen molar-refractivity contribution < 1.29 is 17.9 Å². The summed E-state index contributed by atoms with van der Waals surface area (Å²) in [6, 6.07) is 6.81. The molecule has 0 radical (unpaired) electrons. The van der Waals surface area contributed by atoms with Crippen LogP contribution in [0, 0.1) is 6.92 Å². The second-order valence-corrected chi connectivity index (χ2v) is 7.07. The smallest absolute Gasteiger partial charge is 0.305 e. The number of unbranched alkanes of at least 4 members (excludes halogenated alkanes) is 4. The molecule has 124 valence electrons. The average Bonchev–Trinajstić information content (AvgIpc) is 2.50. The zero-order chi connectivity index (χ0) is 16.4. The highest BCUT2D eigenvalue weighted by Gasteiger charge is 2.12. The largest absolute Gasteiger partial charge is 0.469 e. The van der Waals surface area contributed by atoms with Crippen LogP contribution in [0.25, 0.3) is 0 Å². The van der Waals surface area contributed by atoms with E-state index in [-0.39, 0.29) is 5.97 Å². The van der Waals surface area contributed by atoms with E-state index in [0.29, 0.717) is 17.9 Å². The van der Waals surface area contributed by atoms with Gasteiger partial charge in [-0.15, -0.1) is 0 Å². The number of nitrogens with one attached hydrogen (secondary N) is 1. The maximum absolute atomic E-state index is 12.0. The van der Waals surface area contributed by atoms with Crippen LogP contribution in [-0.4, -0.2) is 28.0 Å². The van der Waals surface area contributed by atoms with Crippen molar-refractivity contribution in [3.63, 3.8) is 0 Å². The molecular formula is C16H25NO4S. The molecule has 0 aromatic heterocycles. The lowest BCUT2D eigenvalue weighted by Crippen LogP contribution is -2.24. The molecule has 0 aliphatic heterocycles. The van der Waals surface area contributed by atoms with Crippen LogP contribution in [0.15, 0.2) is 29.2 Å². The Hall–Kier alpha value is -1.40. The second-order valence-electron chi connectivity index (χ2n) is 5.30. The topological polar surface area (TPSA) is 72.5 Å². The number of ether oxygens (including phenoxy) is 1. The van der Waals surface area contributed by atoms with Gasteiger partial charge < -0.3 is 4.74 Å². The van der Waals surface area contributed by atoms with Crippen LogP contribution in [0.4, 0.5) is 0 Å². The molecule has 0 amide bonds. The lowest BCUT2D eigenvalue weighted by atomic mass is 10.1. The summed E-state index contributed by atoms with van der Waals surface area (Å²) in [7, 11) is -2.01. The molecule has 0 saturated heterocycles. The maximum atomic E-state index is 12.0. The van der Waals surface area contributed by atoms with E-state index in [1.165, 1.54) is 7.11 Å². The third kappa shape index (κ3) is 7.04. The fourth-order valence-electron chi connectivity index (χ4n) is 2.03. The molecule has 0 fully saturated rings. The summed E-state index contributed by atoms with van der Waals surface area (Å²) in [4.78, 5) is 11.2. The second kappa shape index (κ2) is 9.58. The van der Waals surface area contributed by atoms with Crippen molar-refractivity contribution in [2.24, 2.45) is 0 Å². The number of carbonyl (C=O) groups is 1. The van der Waals surface area contributed by atoms with Crippen LogP contribution < -0.4 is 4.72 Å². The van der Waals surface area contributed by atoms with Gasteiger partial charge in [0.25, 0.3) is 0 Å². The van der Waals surface area contributed by atoms with Crippen molar-refractivity contribution in [2.75, 3.05) is 13.7 Å². The van der Waals surface area contributed by atoms with Crippen LogP contribution in [0.1, 0.15) is 44.1 Å². The van der Waals surface area contributed by atoms with Gasteiger partial charge in [0.05, 0.1) is 12.0 Å². The Morgan fingerprint density at radius 2 is 1.64 bits per heavy atom. The zero-order valence-electron chi connectivity index (χ0n) is 13.3.